The quantitative estimate of drug-likeness (QED) is 0.754. The summed E-state index contributed by atoms with van der Waals surface area (Å²) in [4.78, 5) is 0. The monoisotopic (exact) mass is 270 g/mol. The number of aliphatic hydroxyl groups excluding tert-OH is 1. The minimum atomic E-state index is -1.26. The Labute approximate surface area is 117 Å². The first-order valence-corrected chi connectivity index (χ1v) is 7.59. The summed E-state index contributed by atoms with van der Waals surface area (Å²) in [7, 11) is -1.26. The number of aliphatic hydroxyl groups is 1. The Balaban J connectivity index is 2.36. The summed E-state index contributed by atoms with van der Waals surface area (Å²) in [5.41, 5.74) is 0. The third-order valence-corrected chi connectivity index (χ3v) is 3.35. The van der Waals surface area contributed by atoms with E-state index in [-0.39, 0.29) is 13.2 Å². The van der Waals surface area contributed by atoms with Crippen LogP contribution in [0, 0.1) is 0 Å². The third-order valence-electron chi connectivity index (χ3n) is 3.35. The Hall–Kier alpha value is -0.515. The van der Waals surface area contributed by atoms with Gasteiger partial charge in [-0.15, -0.1) is 0 Å². The van der Waals surface area contributed by atoms with Gasteiger partial charge in [-0.1, -0.05) is 38.5 Å². The molecule has 110 valence electrons. The molecule has 0 saturated heterocycles. The molecule has 4 nitrogen and oxygen atoms in total. The van der Waals surface area contributed by atoms with E-state index in [0.717, 1.165) is 25.0 Å². The van der Waals surface area contributed by atoms with Gasteiger partial charge < -0.3 is 19.4 Å². The van der Waals surface area contributed by atoms with Gasteiger partial charge in [-0.05, 0) is 25.3 Å². The summed E-state index contributed by atoms with van der Waals surface area (Å²) >= 11 is 0. The molecule has 1 rings (SSSR count). The predicted molar refractivity (Wildman–Crippen MR) is 76.3 cm³/mol. The van der Waals surface area contributed by atoms with E-state index in [2.05, 4.69) is 6.08 Å². The summed E-state index contributed by atoms with van der Waals surface area (Å²) < 4.78 is 10.3. The van der Waals surface area contributed by atoms with Crippen LogP contribution >= 0.6 is 0 Å². The Bertz CT molecular complexity index is 246. The van der Waals surface area contributed by atoms with Crippen LogP contribution in [0.4, 0.5) is 0 Å². The summed E-state index contributed by atoms with van der Waals surface area (Å²) in [6, 6.07) is 0. The van der Waals surface area contributed by atoms with Crippen molar-refractivity contribution in [2.24, 2.45) is 0 Å². The van der Waals surface area contributed by atoms with Crippen molar-refractivity contribution < 1.29 is 19.4 Å². The van der Waals surface area contributed by atoms with Crippen molar-refractivity contribution in [2.75, 3.05) is 13.2 Å². The molecule has 1 aliphatic carbocycles. The first-order valence-electron chi connectivity index (χ1n) is 7.59. The van der Waals surface area contributed by atoms with Crippen molar-refractivity contribution >= 4 is 7.32 Å². The molecular formula is C14H27BO4. The van der Waals surface area contributed by atoms with Crippen molar-refractivity contribution in [2.45, 2.75) is 64.2 Å². The van der Waals surface area contributed by atoms with Crippen molar-refractivity contribution in [3.63, 3.8) is 0 Å². The Kier molecular flexibility index (Phi) is 9.86. The molecule has 0 atom stereocenters. The van der Waals surface area contributed by atoms with Crippen molar-refractivity contribution in [1.82, 2.24) is 0 Å². The third kappa shape index (κ3) is 9.08. The topological polar surface area (TPSA) is 58.9 Å². The van der Waals surface area contributed by atoms with E-state index in [1.807, 2.05) is 0 Å². The van der Waals surface area contributed by atoms with E-state index in [9.17, 15) is 5.02 Å². The van der Waals surface area contributed by atoms with Gasteiger partial charge in [0.2, 0.25) is 0 Å². The molecule has 0 aromatic carbocycles. The van der Waals surface area contributed by atoms with Gasteiger partial charge in [-0.3, -0.25) is 0 Å². The molecule has 0 aromatic rings. The number of hydrogen-bond acceptors (Lipinski definition) is 4. The van der Waals surface area contributed by atoms with Crippen molar-refractivity contribution in [3.05, 3.63) is 11.8 Å². The zero-order valence-electron chi connectivity index (χ0n) is 11.9. The smallest absolute Gasteiger partial charge is 0.516 e. The predicted octanol–water partition coefficient (Wildman–Crippen LogP) is 2.79. The molecular weight excluding hydrogens is 243 g/mol. The second-order valence-corrected chi connectivity index (χ2v) is 5.06. The van der Waals surface area contributed by atoms with Gasteiger partial charge in [0.1, 0.15) is 0 Å². The van der Waals surface area contributed by atoms with Gasteiger partial charge in [0.25, 0.3) is 0 Å². The minimum Gasteiger partial charge on any atom is -0.516 e. The van der Waals surface area contributed by atoms with E-state index >= 15 is 0 Å². The zero-order valence-corrected chi connectivity index (χ0v) is 11.9. The highest BCUT2D eigenvalue weighted by atomic mass is 16.7. The Morgan fingerprint density at radius 1 is 1.00 bits per heavy atom. The van der Waals surface area contributed by atoms with Gasteiger partial charge >= 0.3 is 7.32 Å². The summed E-state index contributed by atoms with van der Waals surface area (Å²) in [6.07, 6.45) is 14.0. The van der Waals surface area contributed by atoms with Crippen LogP contribution in [0.15, 0.2) is 11.8 Å². The van der Waals surface area contributed by atoms with Crippen molar-refractivity contribution in [3.8, 4) is 0 Å². The largest absolute Gasteiger partial charge is 0.710 e. The molecule has 0 radical (unpaired) electrons. The molecule has 0 aromatic heterocycles. The summed E-state index contributed by atoms with van der Waals surface area (Å²) in [5.74, 6) is 0.825. The standard InChI is InChI=1S/C14H27BO4/c16-12-13-18-15(17)19-14-10-8-6-4-2-1-3-5-7-9-11-14/h10,16-17H,1-9,11-13H2. The summed E-state index contributed by atoms with van der Waals surface area (Å²) in [6.45, 7) is -0.0199. The molecule has 19 heavy (non-hydrogen) atoms. The Morgan fingerprint density at radius 2 is 1.63 bits per heavy atom. The highest BCUT2D eigenvalue weighted by Gasteiger charge is 2.18. The van der Waals surface area contributed by atoms with E-state index in [4.69, 9.17) is 14.4 Å². The highest BCUT2D eigenvalue weighted by molar-refractivity contribution is 6.34. The zero-order chi connectivity index (χ0) is 13.8. The lowest BCUT2D eigenvalue weighted by Crippen LogP contribution is -2.24. The van der Waals surface area contributed by atoms with Crippen LogP contribution < -0.4 is 0 Å². The molecule has 2 N–H and O–H groups in total. The lowest BCUT2D eigenvalue weighted by Gasteiger charge is -2.14. The SMILES string of the molecule is OCCOB(O)OC1=CCCCCCCCCCC1. The maximum Gasteiger partial charge on any atom is 0.710 e. The second-order valence-electron chi connectivity index (χ2n) is 5.06. The average Bonchev–Trinajstić information content (AvgIpc) is 2.39. The lowest BCUT2D eigenvalue weighted by atomic mass is 10.0. The maximum atomic E-state index is 9.52. The molecule has 0 bridgehead atoms. The maximum absolute atomic E-state index is 9.52. The highest BCUT2D eigenvalue weighted by Crippen LogP contribution is 2.17. The van der Waals surface area contributed by atoms with Gasteiger partial charge in [0.05, 0.1) is 19.0 Å². The normalized spacial score (nSPS) is 18.9. The van der Waals surface area contributed by atoms with Crippen LogP contribution in [0.5, 0.6) is 0 Å². The minimum absolute atomic E-state index is 0.0917. The van der Waals surface area contributed by atoms with Crippen LogP contribution in [0.2, 0.25) is 0 Å². The Morgan fingerprint density at radius 3 is 2.32 bits per heavy atom. The van der Waals surface area contributed by atoms with Crippen LogP contribution in [-0.2, 0) is 9.31 Å². The van der Waals surface area contributed by atoms with Gasteiger partial charge in [-0.25, -0.2) is 0 Å². The van der Waals surface area contributed by atoms with Crippen LogP contribution in [0.3, 0.4) is 0 Å². The van der Waals surface area contributed by atoms with Gasteiger partial charge in [-0.2, -0.15) is 0 Å². The fraction of sp³-hybridized carbons (Fsp3) is 0.857. The van der Waals surface area contributed by atoms with Crippen molar-refractivity contribution in [1.29, 1.82) is 0 Å². The lowest BCUT2D eigenvalue weighted by molar-refractivity contribution is 0.126. The average molecular weight is 270 g/mol. The molecule has 0 aliphatic heterocycles. The van der Waals surface area contributed by atoms with E-state index in [1.54, 1.807) is 0 Å². The fourth-order valence-corrected chi connectivity index (χ4v) is 2.29. The molecule has 0 fully saturated rings. The van der Waals surface area contributed by atoms with Crippen LogP contribution in [0.25, 0.3) is 0 Å². The van der Waals surface area contributed by atoms with Crippen LogP contribution in [-0.4, -0.2) is 30.7 Å². The second kappa shape index (κ2) is 11.3. The van der Waals surface area contributed by atoms with E-state index in [1.165, 1.54) is 44.9 Å². The molecule has 0 heterocycles. The molecule has 5 heteroatoms. The van der Waals surface area contributed by atoms with Gasteiger partial charge in [0.15, 0.2) is 0 Å². The molecule has 0 saturated carbocycles. The fourth-order valence-electron chi connectivity index (χ4n) is 2.29. The van der Waals surface area contributed by atoms with E-state index < -0.39 is 7.32 Å². The number of hydrogen-bond donors (Lipinski definition) is 2. The number of rotatable bonds is 5. The molecule has 0 spiro atoms. The first kappa shape index (κ1) is 16.5. The molecule has 0 unspecified atom stereocenters. The van der Waals surface area contributed by atoms with Crippen LogP contribution in [0.1, 0.15) is 64.2 Å². The van der Waals surface area contributed by atoms with E-state index in [0.29, 0.717) is 0 Å². The van der Waals surface area contributed by atoms with Gasteiger partial charge in [0, 0.05) is 6.42 Å². The first-order chi connectivity index (χ1) is 9.33. The molecule has 0 amide bonds. The number of allylic oxidation sites excluding steroid dienone is 2. The molecule has 1 aliphatic rings. The summed E-state index contributed by atoms with van der Waals surface area (Å²) in [5, 5.41) is 18.1.